The van der Waals surface area contributed by atoms with Crippen molar-refractivity contribution in [3.8, 4) is 0 Å². The van der Waals surface area contributed by atoms with E-state index in [-0.39, 0.29) is 5.78 Å². The number of aromatic amines is 1. The van der Waals surface area contributed by atoms with Crippen LogP contribution in [0.5, 0.6) is 0 Å². The van der Waals surface area contributed by atoms with E-state index in [1.807, 2.05) is 19.9 Å². The number of H-pyrrole nitrogens is 1. The molecule has 0 aromatic carbocycles. The van der Waals surface area contributed by atoms with Crippen LogP contribution in [0.1, 0.15) is 47.8 Å². The molecule has 15 heavy (non-hydrogen) atoms. The summed E-state index contributed by atoms with van der Waals surface area (Å²) in [7, 11) is 0. The van der Waals surface area contributed by atoms with E-state index in [2.05, 4.69) is 11.9 Å². The third-order valence-corrected chi connectivity index (χ3v) is 2.71. The van der Waals surface area contributed by atoms with Gasteiger partial charge in [-0.2, -0.15) is 0 Å². The van der Waals surface area contributed by atoms with Crippen LogP contribution in [0.25, 0.3) is 0 Å². The molecule has 0 unspecified atom stereocenters. The minimum Gasteiger partial charge on any atom is -0.350 e. The minimum absolute atomic E-state index is 0.163. The lowest BCUT2D eigenvalue weighted by Crippen LogP contribution is -2.04. The van der Waals surface area contributed by atoms with Gasteiger partial charge in [0.05, 0.1) is 5.56 Å². The molecule has 1 heterocycles. The van der Waals surface area contributed by atoms with E-state index in [1.54, 1.807) is 0 Å². The average Bonchev–Trinajstić information content (AvgIpc) is 2.12. The molecular formula is C12H17NOS. The van der Waals surface area contributed by atoms with Crippen molar-refractivity contribution in [1.29, 1.82) is 0 Å². The molecule has 0 fully saturated rings. The molecule has 0 saturated heterocycles. The maximum absolute atomic E-state index is 11.9. The van der Waals surface area contributed by atoms with Gasteiger partial charge in [0, 0.05) is 12.1 Å². The number of rotatable bonds is 4. The highest BCUT2D eigenvalue weighted by Crippen LogP contribution is 2.14. The zero-order valence-corrected chi connectivity index (χ0v) is 10.3. The second-order valence-corrected chi connectivity index (χ2v) is 4.27. The number of unbranched alkanes of at least 4 members (excludes halogenated alkanes) is 1. The number of hydrogen-bond acceptors (Lipinski definition) is 2. The fourth-order valence-electron chi connectivity index (χ4n) is 1.66. The summed E-state index contributed by atoms with van der Waals surface area (Å²) in [6.45, 7) is 5.97. The molecule has 82 valence electrons. The largest absolute Gasteiger partial charge is 0.350 e. The predicted molar refractivity (Wildman–Crippen MR) is 65.0 cm³/mol. The molecule has 0 spiro atoms. The number of Topliss-reactive ketones (excluding diaryl/α,β-unsaturated/α-hetero) is 1. The van der Waals surface area contributed by atoms with Crippen molar-refractivity contribution in [3.63, 3.8) is 0 Å². The van der Waals surface area contributed by atoms with Gasteiger partial charge in [0.1, 0.15) is 4.64 Å². The standard InChI is InChI=1S/C12H17NOS/c1-4-5-6-10(14)11-8(2)7-9(3)13-12(11)15/h7H,4-6H2,1-3H3,(H,13,15). The fourth-order valence-corrected chi connectivity index (χ4v) is 2.10. The van der Waals surface area contributed by atoms with Gasteiger partial charge in [-0.3, -0.25) is 4.79 Å². The zero-order valence-electron chi connectivity index (χ0n) is 9.52. The Labute approximate surface area is 95.7 Å². The monoisotopic (exact) mass is 223 g/mol. The Morgan fingerprint density at radius 2 is 2.13 bits per heavy atom. The van der Waals surface area contributed by atoms with Gasteiger partial charge in [0.2, 0.25) is 0 Å². The SMILES string of the molecule is CCCCC(=O)c1c(C)cc(C)[nH]c1=S. The Morgan fingerprint density at radius 1 is 1.47 bits per heavy atom. The smallest absolute Gasteiger partial charge is 0.166 e. The van der Waals surface area contributed by atoms with E-state index in [4.69, 9.17) is 12.2 Å². The van der Waals surface area contributed by atoms with E-state index in [9.17, 15) is 4.79 Å². The van der Waals surface area contributed by atoms with Crippen LogP contribution in [0, 0.1) is 18.5 Å². The molecule has 0 radical (unpaired) electrons. The van der Waals surface area contributed by atoms with Gasteiger partial charge in [-0.1, -0.05) is 25.6 Å². The van der Waals surface area contributed by atoms with Crippen LogP contribution in [0.4, 0.5) is 0 Å². The number of carbonyl (C=O) groups excluding carboxylic acids is 1. The Kier molecular flexibility index (Phi) is 4.21. The Balaban J connectivity index is 3.04. The van der Waals surface area contributed by atoms with Gasteiger partial charge in [-0.25, -0.2) is 0 Å². The lowest BCUT2D eigenvalue weighted by molar-refractivity contribution is 0.0978. The normalized spacial score (nSPS) is 10.3. The highest BCUT2D eigenvalue weighted by Gasteiger charge is 2.11. The first-order valence-electron chi connectivity index (χ1n) is 5.30. The first-order chi connectivity index (χ1) is 7.06. The molecule has 1 aromatic rings. The van der Waals surface area contributed by atoms with E-state index < -0.39 is 0 Å². The van der Waals surface area contributed by atoms with Gasteiger partial charge in [-0.15, -0.1) is 0 Å². The van der Waals surface area contributed by atoms with Crippen molar-refractivity contribution in [1.82, 2.24) is 4.98 Å². The molecule has 0 atom stereocenters. The van der Waals surface area contributed by atoms with Gasteiger partial charge >= 0.3 is 0 Å². The highest BCUT2D eigenvalue weighted by atomic mass is 32.1. The molecule has 3 heteroatoms. The molecule has 0 saturated carbocycles. The molecular weight excluding hydrogens is 206 g/mol. The zero-order chi connectivity index (χ0) is 11.4. The summed E-state index contributed by atoms with van der Waals surface area (Å²) in [6, 6.07) is 1.97. The number of aromatic nitrogens is 1. The number of hydrogen-bond donors (Lipinski definition) is 1. The van der Waals surface area contributed by atoms with Crippen molar-refractivity contribution >= 4 is 18.0 Å². The molecule has 2 nitrogen and oxygen atoms in total. The molecule has 1 N–H and O–H groups in total. The van der Waals surface area contributed by atoms with Crippen LogP contribution < -0.4 is 0 Å². The Bertz CT molecular complexity index is 420. The number of aryl methyl sites for hydroxylation is 2. The summed E-state index contributed by atoms with van der Waals surface area (Å²) in [5.41, 5.74) is 2.69. The molecule has 0 aliphatic rings. The molecule has 0 aliphatic heterocycles. The summed E-state index contributed by atoms with van der Waals surface area (Å²) in [6.07, 6.45) is 2.56. The number of nitrogens with one attached hydrogen (secondary N) is 1. The van der Waals surface area contributed by atoms with Crippen LogP contribution in [-0.4, -0.2) is 10.8 Å². The molecule has 0 aliphatic carbocycles. The van der Waals surface area contributed by atoms with Gasteiger partial charge in [-0.05, 0) is 31.9 Å². The van der Waals surface area contributed by atoms with Crippen molar-refractivity contribution in [2.24, 2.45) is 0 Å². The Hall–Kier alpha value is -0.960. The topological polar surface area (TPSA) is 32.9 Å². The molecule has 1 rings (SSSR count). The third kappa shape index (κ3) is 2.99. The van der Waals surface area contributed by atoms with Crippen molar-refractivity contribution < 1.29 is 4.79 Å². The quantitative estimate of drug-likeness (QED) is 0.623. The summed E-state index contributed by atoms with van der Waals surface area (Å²) in [5, 5.41) is 0. The van der Waals surface area contributed by atoms with E-state index in [0.29, 0.717) is 16.6 Å². The summed E-state index contributed by atoms with van der Waals surface area (Å²) < 4.78 is 0.577. The van der Waals surface area contributed by atoms with Crippen LogP contribution in [-0.2, 0) is 0 Å². The van der Waals surface area contributed by atoms with Crippen LogP contribution in [0.3, 0.4) is 0 Å². The van der Waals surface area contributed by atoms with Crippen LogP contribution in [0.2, 0.25) is 0 Å². The summed E-state index contributed by atoms with van der Waals surface area (Å²) in [4.78, 5) is 14.9. The number of pyridine rings is 1. The van der Waals surface area contributed by atoms with Gasteiger partial charge < -0.3 is 4.98 Å². The fraction of sp³-hybridized carbons (Fsp3) is 0.500. The maximum Gasteiger partial charge on any atom is 0.166 e. The average molecular weight is 223 g/mol. The van der Waals surface area contributed by atoms with E-state index >= 15 is 0 Å². The Morgan fingerprint density at radius 3 is 2.67 bits per heavy atom. The van der Waals surface area contributed by atoms with Crippen molar-refractivity contribution in [2.75, 3.05) is 0 Å². The lowest BCUT2D eigenvalue weighted by Gasteiger charge is -2.06. The second-order valence-electron chi connectivity index (χ2n) is 3.87. The molecule has 0 bridgehead atoms. The number of ketones is 1. The van der Waals surface area contributed by atoms with Crippen molar-refractivity contribution in [3.05, 3.63) is 27.5 Å². The molecule has 0 amide bonds. The van der Waals surface area contributed by atoms with E-state index in [0.717, 1.165) is 24.1 Å². The summed E-state index contributed by atoms with van der Waals surface area (Å²) >= 11 is 5.18. The lowest BCUT2D eigenvalue weighted by atomic mass is 10.0. The second kappa shape index (κ2) is 5.21. The first-order valence-corrected chi connectivity index (χ1v) is 5.70. The van der Waals surface area contributed by atoms with E-state index in [1.165, 1.54) is 0 Å². The molecule has 1 aromatic heterocycles. The van der Waals surface area contributed by atoms with Crippen molar-refractivity contribution in [2.45, 2.75) is 40.0 Å². The predicted octanol–water partition coefficient (Wildman–Crippen LogP) is 3.73. The van der Waals surface area contributed by atoms with Crippen LogP contribution >= 0.6 is 12.2 Å². The third-order valence-electron chi connectivity index (χ3n) is 2.40. The first kappa shape index (κ1) is 12.1. The van der Waals surface area contributed by atoms with Gasteiger partial charge in [0.25, 0.3) is 0 Å². The van der Waals surface area contributed by atoms with Crippen LogP contribution in [0.15, 0.2) is 6.07 Å². The highest BCUT2D eigenvalue weighted by molar-refractivity contribution is 7.71. The summed E-state index contributed by atoms with van der Waals surface area (Å²) in [5.74, 6) is 0.163. The van der Waals surface area contributed by atoms with Gasteiger partial charge in [0.15, 0.2) is 5.78 Å². The maximum atomic E-state index is 11.9. The number of carbonyl (C=O) groups is 1. The minimum atomic E-state index is 0.163.